The van der Waals surface area contributed by atoms with Crippen molar-refractivity contribution in [2.45, 2.75) is 26.7 Å². The molecule has 0 fully saturated rings. The molecule has 0 saturated carbocycles. The van der Waals surface area contributed by atoms with Crippen LogP contribution in [0.5, 0.6) is 5.75 Å². The maximum Gasteiger partial charge on any atom is 0.177 e. The van der Waals surface area contributed by atoms with Gasteiger partial charge in [0, 0.05) is 18.1 Å². The number of azo groups is 1. The van der Waals surface area contributed by atoms with Crippen molar-refractivity contribution in [3.8, 4) is 17.0 Å². The van der Waals surface area contributed by atoms with Crippen molar-refractivity contribution < 1.29 is 4.74 Å². The minimum atomic E-state index is 0.576. The Balaban J connectivity index is 1.78. The minimum absolute atomic E-state index is 0.576. The second-order valence-corrected chi connectivity index (χ2v) is 6.28. The molecule has 1 aromatic heterocycles. The zero-order chi connectivity index (χ0) is 19.1. The molecule has 0 amide bonds. The van der Waals surface area contributed by atoms with Crippen LogP contribution in [-0.4, -0.2) is 23.6 Å². The minimum Gasteiger partial charge on any atom is -0.496 e. The lowest BCUT2D eigenvalue weighted by molar-refractivity contribution is 0.416. The normalized spacial score (nSPS) is 11.1. The van der Waals surface area contributed by atoms with Gasteiger partial charge in [0.1, 0.15) is 11.6 Å². The molecule has 0 bridgehead atoms. The Hall–Kier alpha value is -3.08. The maximum atomic E-state index is 5.45. The molecule has 5 nitrogen and oxygen atoms in total. The van der Waals surface area contributed by atoms with E-state index in [2.05, 4.69) is 51.4 Å². The Morgan fingerprint density at radius 3 is 2.52 bits per heavy atom. The number of hydrogen-bond donors (Lipinski definition) is 0. The molecule has 3 rings (SSSR count). The zero-order valence-electron chi connectivity index (χ0n) is 16.0. The number of hydrogen-bond acceptors (Lipinski definition) is 5. The summed E-state index contributed by atoms with van der Waals surface area (Å²) < 4.78 is 5.45. The van der Waals surface area contributed by atoms with E-state index in [1.54, 1.807) is 7.11 Å². The van der Waals surface area contributed by atoms with E-state index in [0.29, 0.717) is 12.4 Å². The molecule has 0 aliphatic carbocycles. The van der Waals surface area contributed by atoms with Gasteiger partial charge in [-0.2, -0.15) is 5.11 Å². The second-order valence-electron chi connectivity index (χ2n) is 6.28. The highest BCUT2D eigenvalue weighted by molar-refractivity contribution is 5.68. The molecule has 0 unspecified atom stereocenters. The summed E-state index contributed by atoms with van der Waals surface area (Å²) in [5.74, 6) is 2.10. The van der Waals surface area contributed by atoms with E-state index >= 15 is 0 Å². The van der Waals surface area contributed by atoms with Crippen molar-refractivity contribution in [2.75, 3.05) is 13.7 Å². The third kappa shape index (κ3) is 4.97. The van der Waals surface area contributed by atoms with Gasteiger partial charge in [-0.05, 0) is 31.0 Å². The van der Waals surface area contributed by atoms with E-state index in [-0.39, 0.29) is 0 Å². The first-order valence-corrected chi connectivity index (χ1v) is 9.14. The van der Waals surface area contributed by atoms with Crippen LogP contribution in [0.3, 0.4) is 0 Å². The summed E-state index contributed by atoms with van der Waals surface area (Å²) in [7, 11) is 1.66. The molecule has 0 spiro atoms. The largest absolute Gasteiger partial charge is 0.496 e. The number of nitrogens with zero attached hydrogens (tertiary/aromatic N) is 4. The van der Waals surface area contributed by atoms with Crippen LogP contribution in [0.15, 0.2) is 64.8 Å². The summed E-state index contributed by atoms with van der Waals surface area (Å²) in [6.07, 6.45) is 1.59. The van der Waals surface area contributed by atoms with Crippen LogP contribution >= 0.6 is 0 Å². The SMILES string of the molecule is CCc1nc(N=NCCc2ccc(C)cc2)cc(-c2ccccc2OC)n1. The molecule has 5 heteroatoms. The molecule has 3 aromatic rings. The fourth-order valence-electron chi connectivity index (χ4n) is 2.74. The monoisotopic (exact) mass is 360 g/mol. The smallest absolute Gasteiger partial charge is 0.177 e. The number of aromatic nitrogens is 2. The molecular formula is C22H24N4O. The van der Waals surface area contributed by atoms with Gasteiger partial charge in [-0.3, -0.25) is 0 Å². The molecule has 1 heterocycles. The summed E-state index contributed by atoms with van der Waals surface area (Å²) in [5, 5.41) is 8.64. The first-order valence-electron chi connectivity index (χ1n) is 9.14. The van der Waals surface area contributed by atoms with Gasteiger partial charge in [0.05, 0.1) is 19.3 Å². The van der Waals surface area contributed by atoms with Crippen LogP contribution in [0.25, 0.3) is 11.3 Å². The van der Waals surface area contributed by atoms with Crippen LogP contribution in [0, 0.1) is 6.92 Å². The molecule has 0 aliphatic rings. The summed E-state index contributed by atoms with van der Waals surface area (Å²) in [6, 6.07) is 18.2. The third-order valence-electron chi connectivity index (χ3n) is 4.25. The summed E-state index contributed by atoms with van der Waals surface area (Å²) in [5.41, 5.74) is 4.24. The number of benzene rings is 2. The highest BCUT2D eigenvalue weighted by atomic mass is 16.5. The van der Waals surface area contributed by atoms with Crippen LogP contribution in [0.1, 0.15) is 23.9 Å². The third-order valence-corrected chi connectivity index (χ3v) is 4.25. The van der Waals surface area contributed by atoms with Gasteiger partial charge in [-0.25, -0.2) is 9.97 Å². The van der Waals surface area contributed by atoms with Gasteiger partial charge in [-0.1, -0.05) is 48.9 Å². The fourth-order valence-corrected chi connectivity index (χ4v) is 2.74. The Kier molecular flexibility index (Phi) is 6.26. The van der Waals surface area contributed by atoms with E-state index in [0.717, 1.165) is 35.7 Å². The van der Waals surface area contributed by atoms with Gasteiger partial charge in [0.25, 0.3) is 0 Å². The molecule has 0 N–H and O–H groups in total. The fraction of sp³-hybridized carbons (Fsp3) is 0.273. The first-order chi connectivity index (χ1) is 13.2. The average Bonchev–Trinajstić information content (AvgIpc) is 2.72. The molecule has 2 aromatic carbocycles. The number of rotatable bonds is 7. The first kappa shape index (κ1) is 18.7. The molecule has 0 aliphatic heterocycles. The lowest BCUT2D eigenvalue weighted by atomic mass is 10.1. The highest BCUT2D eigenvalue weighted by Crippen LogP contribution is 2.30. The van der Waals surface area contributed by atoms with Crippen LogP contribution in [0.4, 0.5) is 5.82 Å². The number of methoxy groups -OCH3 is 1. The van der Waals surface area contributed by atoms with Crippen LogP contribution in [0.2, 0.25) is 0 Å². The summed E-state index contributed by atoms with van der Waals surface area (Å²) >= 11 is 0. The number of ether oxygens (including phenoxy) is 1. The molecular weight excluding hydrogens is 336 g/mol. The predicted octanol–water partition coefficient (Wildman–Crippen LogP) is 5.35. The lowest BCUT2D eigenvalue weighted by Gasteiger charge is -2.09. The zero-order valence-corrected chi connectivity index (χ0v) is 16.0. The van der Waals surface area contributed by atoms with Crippen LogP contribution in [-0.2, 0) is 12.8 Å². The van der Waals surface area contributed by atoms with Crippen molar-refractivity contribution in [1.29, 1.82) is 0 Å². The molecule has 27 heavy (non-hydrogen) atoms. The van der Waals surface area contributed by atoms with Crippen molar-refractivity contribution >= 4 is 5.82 Å². The lowest BCUT2D eigenvalue weighted by Crippen LogP contribution is -1.97. The molecule has 0 atom stereocenters. The summed E-state index contributed by atoms with van der Waals surface area (Å²) in [4.78, 5) is 9.10. The standard InChI is InChI=1S/C22H24N4O/c1-4-21-24-19(18-7-5-6-8-20(18)27-3)15-22(25-21)26-23-14-13-17-11-9-16(2)10-12-17/h5-12,15H,4,13-14H2,1-3H3. The maximum absolute atomic E-state index is 5.45. The van der Waals surface area contributed by atoms with Gasteiger partial charge in [-0.15, -0.1) is 5.11 Å². The average molecular weight is 360 g/mol. The number of aryl methyl sites for hydroxylation is 2. The quantitative estimate of drug-likeness (QED) is 0.534. The molecule has 0 radical (unpaired) electrons. The van der Waals surface area contributed by atoms with E-state index in [4.69, 9.17) is 4.74 Å². The molecule has 0 saturated heterocycles. The molecule has 138 valence electrons. The van der Waals surface area contributed by atoms with E-state index < -0.39 is 0 Å². The van der Waals surface area contributed by atoms with Gasteiger partial charge in [0.2, 0.25) is 0 Å². The number of para-hydroxylation sites is 1. The van der Waals surface area contributed by atoms with Gasteiger partial charge < -0.3 is 4.74 Å². The van der Waals surface area contributed by atoms with E-state index in [9.17, 15) is 0 Å². The van der Waals surface area contributed by atoms with E-state index in [1.165, 1.54) is 11.1 Å². The van der Waals surface area contributed by atoms with Crippen LogP contribution < -0.4 is 4.74 Å². The van der Waals surface area contributed by atoms with Gasteiger partial charge in [0.15, 0.2) is 5.82 Å². The Morgan fingerprint density at radius 2 is 1.78 bits per heavy atom. The topological polar surface area (TPSA) is 59.7 Å². The predicted molar refractivity (Wildman–Crippen MR) is 108 cm³/mol. The Labute approximate surface area is 160 Å². The Bertz CT molecular complexity index is 920. The van der Waals surface area contributed by atoms with Gasteiger partial charge >= 0.3 is 0 Å². The summed E-state index contributed by atoms with van der Waals surface area (Å²) in [6.45, 7) is 4.74. The van der Waals surface area contributed by atoms with E-state index in [1.807, 2.05) is 37.3 Å². The van der Waals surface area contributed by atoms with Crippen molar-refractivity contribution in [1.82, 2.24) is 9.97 Å². The van der Waals surface area contributed by atoms with Crippen molar-refractivity contribution in [3.05, 3.63) is 71.5 Å². The second kappa shape index (κ2) is 9.03. The highest BCUT2D eigenvalue weighted by Gasteiger charge is 2.10. The Morgan fingerprint density at radius 1 is 1.00 bits per heavy atom. The van der Waals surface area contributed by atoms with Crippen molar-refractivity contribution in [3.63, 3.8) is 0 Å². The van der Waals surface area contributed by atoms with Crippen molar-refractivity contribution in [2.24, 2.45) is 10.2 Å².